The number of sulfone groups is 1. The van der Waals surface area contributed by atoms with Gasteiger partial charge < -0.3 is 10.6 Å². The third-order valence-electron chi connectivity index (χ3n) is 3.81. The number of nitrogens with two attached hydrogens (primary N) is 1. The van der Waals surface area contributed by atoms with E-state index in [9.17, 15) is 12.8 Å². The lowest BCUT2D eigenvalue weighted by molar-refractivity contribution is 0.560. The quantitative estimate of drug-likeness (QED) is 0.809. The van der Waals surface area contributed by atoms with Crippen LogP contribution in [0.15, 0.2) is 24.4 Å². The Bertz CT molecular complexity index is 807. The summed E-state index contributed by atoms with van der Waals surface area (Å²) in [4.78, 5) is 6.01. The molecule has 0 radical (unpaired) electrons. The first-order valence-electron chi connectivity index (χ1n) is 6.69. The van der Waals surface area contributed by atoms with E-state index in [1.54, 1.807) is 30.2 Å². The van der Waals surface area contributed by atoms with Gasteiger partial charge in [0.15, 0.2) is 15.7 Å². The number of aromatic nitrogens is 1. The van der Waals surface area contributed by atoms with Crippen molar-refractivity contribution in [3.63, 3.8) is 0 Å². The van der Waals surface area contributed by atoms with Crippen molar-refractivity contribution in [2.75, 3.05) is 28.7 Å². The second kappa shape index (κ2) is 4.84. The normalized spacial score (nSPS) is 21.6. The van der Waals surface area contributed by atoms with E-state index in [1.165, 1.54) is 6.07 Å². The molecular formula is C14H16FN3O2S. The number of benzene rings is 1. The minimum Gasteiger partial charge on any atom is -0.398 e. The van der Waals surface area contributed by atoms with Gasteiger partial charge in [-0.05, 0) is 25.1 Å². The maximum Gasteiger partial charge on any atom is 0.154 e. The van der Waals surface area contributed by atoms with Crippen molar-refractivity contribution in [3.05, 3.63) is 30.2 Å². The molecule has 1 aliphatic heterocycles. The summed E-state index contributed by atoms with van der Waals surface area (Å²) in [5, 5.41) is 0.675. The number of hydrogen-bond acceptors (Lipinski definition) is 5. The van der Waals surface area contributed by atoms with Crippen LogP contribution in [0.2, 0.25) is 0 Å². The van der Waals surface area contributed by atoms with Crippen LogP contribution in [0.3, 0.4) is 0 Å². The monoisotopic (exact) mass is 309 g/mol. The summed E-state index contributed by atoms with van der Waals surface area (Å²) in [5.74, 6) is -0.425. The molecule has 21 heavy (non-hydrogen) atoms. The van der Waals surface area contributed by atoms with Crippen molar-refractivity contribution in [1.29, 1.82) is 0 Å². The maximum absolute atomic E-state index is 14.4. The third-order valence-corrected chi connectivity index (χ3v) is 5.60. The molecule has 1 saturated heterocycles. The molecule has 7 heteroatoms. The number of halogens is 1. The molecule has 2 heterocycles. The van der Waals surface area contributed by atoms with Gasteiger partial charge in [0.2, 0.25) is 0 Å². The molecule has 2 aromatic rings. The summed E-state index contributed by atoms with van der Waals surface area (Å²) in [6.45, 7) is 2.04. The second-order valence-corrected chi connectivity index (χ2v) is 7.58. The number of fused-ring (bicyclic) bond motifs is 1. The van der Waals surface area contributed by atoms with Gasteiger partial charge in [-0.1, -0.05) is 0 Å². The average molecular weight is 309 g/mol. The van der Waals surface area contributed by atoms with Gasteiger partial charge in [0.1, 0.15) is 5.69 Å². The van der Waals surface area contributed by atoms with E-state index in [1.807, 2.05) is 0 Å². The Morgan fingerprint density at radius 1 is 1.48 bits per heavy atom. The summed E-state index contributed by atoms with van der Waals surface area (Å²) in [7, 11) is -3.06. The highest BCUT2D eigenvalue weighted by molar-refractivity contribution is 7.91. The van der Waals surface area contributed by atoms with Crippen LogP contribution in [-0.4, -0.2) is 37.5 Å². The molecule has 1 aliphatic rings. The molecule has 112 valence electrons. The smallest absolute Gasteiger partial charge is 0.154 e. The minimum absolute atomic E-state index is 0.0190. The molecule has 0 bridgehead atoms. The first-order valence-corrected chi connectivity index (χ1v) is 8.51. The predicted octanol–water partition coefficient (Wildman–Crippen LogP) is 1.58. The van der Waals surface area contributed by atoms with E-state index in [2.05, 4.69) is 4.98 Å². The summed E-state index contributed by atoms with van der Waals surface area (Å²) in [6, 6.07) is 4.50. The van der Waals surface area contributed by atoms with Crippen molar-refractivity contribution in [2.45, 2.75) is 13.0 Å². The van der Waals surface area contributed by atoms with Gasteiger partial charge in [-0.2, -0.15) is 0 Å². The SMILES string of the molecule is CC1CS(=O)(=O)CCN1c1c(F)cc(N)c2cccnc12. The van der Waals surface area contributed by atoms with Gasteiger partial charge in [-0.25, -0.2) is 12.8 Å². The van der Waals surface area contributed by atoms with Crippen LogP contribution in [0.25, 0.3) is 10.9 Å². The maximum atomic E-state index is 14.4. The van der Waals surface area contributed by atoms with Gasteiger partial charge in [0, 0.05) is 29.9 Å². The molecule has 0 spiro atoms. The van der Waals surface area contributed by atoms with Crippen molar-refractivity contribution in [1.82, 2.24) is 4.98 Å². The van der Waals surface area contributed by atoms with E-state index < -0.39 is 15.7 Å². The molecule has 0 aliphatic carbocycles. The minimum atomic E-state index is -3.06. The topological polar surface area (TPSA) is 76.3 Å². The zero-order valence-corrected chi connectivity index (χ0v) is 12.4. The molecule has 1 fully saturated rings. The van der Waals surface area contributed by atoms with Gasteiger partial charge >= 0.3 is 0 Å². The van der Waals surface area contributed by atoms with Gasteiger partial charge in [0.25, 0.3) is 0 Å². The van der Waals surface area contributed by atoms with Crippen molar-refractivity contribution >= 4 is 32.1 Å². The number of rotatable bonds is 1. The van der Waals surface area contributed by atoms with Crippen LogP contribution in [0.1, 0.15) is 6.92 Å². The Balaban J connectivity index is 2.17. The molecule has 1 atom stereocenters. The van der Waals surface area contributed by atoms with E-state index in [-0.39, 0.29) is 24.1 Å². The zero-order valence-electron chi connectivity index (χ0n) is 11.6. The molecule has 5 nitrogen and oxygen atoms in total. The highest BCUT2D eigenvalue weighted by atomic mass is 32.2. The molecule has 0 amide bonds. The fourth-order valence-corrected chi connectivity index (χ4v) is 4.38. The number of pyridine rings is 1. The highest BCUT2D eigenvalue weighted by Crippen LogP contribution is 2.34. The van der Waals surface area contributed by atoms with Crippen molar-refractivity contribution < 1.29 is 12.8 Å². The van der Waals surface area contributed by atoms with E-state index >= 15 is 0 Å². The Labute approximate surface area is 122 Å². The Hall–Kier alpha value is -1.89. The lowest BCUT2D eigenvalue weighted by Gasteiger charge is -2.35. The van der Waals surface area contributed by atoms with Crippen LogP contribution in [-0.2, 0) is 9.84 Å². The Kier molecular flexibility index (Phi) is 3.24. The van der Waals surface area contributed by atoms with Crippen molar-refractivity contribution in [3.8, 4) is 0 Å². The fraction of sp³-hybridized carbons (Fsp3) is 0.357. The zero-order chi connectivity index (χ0) is 15.2. The Morgan fingerprint density at radius 2 is 2.24 bits per heavy atom. The molecular weight excluding hydrogens is 293 g/mol. The van der Waals surface area contributed by atoms with Gasteiger partial charge in [0.05, 0.1) is 17.0 Å². The van der Waals surface area contributed by atoms with Crippen LogP contribution in [0.4, 0.5) is 15.8 Å². The number of nitrogens with zero attached hydrogens (tertiary/aromatic N) is 2. The van der Waals surface area contributed by atoms with Crippen LogP contribution >= 0.6 is 0 Å². The first kappa shape index (κ1) is 14.1. The molecule has 0 saturated carbocycles. The Morgan fingerprint density at radius 3 is 2.95 bits per heavy atom. The predicted molar refractivity (Wildman–Crippen MR) is 81.6 cm³/mol. The van der Waals surface area contributed by atoms with E-state index in [4.69, 9.17) is 5.73 Å². The highest BCUT2D eigenvalue weighted by Gasteiger charge is 2.31. The fourth-order valence-electron chi connectivity index (χ4n) is 2.83. The molecule has 1 aromatic heterocycles. The molecule has 1 unspecified atom stereocenters. The van der Waals surface area contributed by atoms with Crippen LogP contribution < -0.4 is 10.6 Å². The summed E-state index contributed by atoms with van der Waals surface area (Å²) in [5.41, 5.74) is 6.98. The molecule has 3 rings (SSSR count). The summed E-state index contributed by atoms with van der Waals surface area (Å²) in [6.07, 6.45) is 1.58. The summed E-state index contributed by atoms with van der Waals surface area (Å²) >= 11 is 0. The number of anilines is 2. The second-order valence-electron chi connectivity index (χ2n) is 5.35. The van der Waals surface area contributed by atoms with Crippen LogP contribution in [0, 0.1) is 5.82 Å². The van der Waals surface area contributed by atoms with Crippen LogP contribution in [0.5, 0.6) is 0 Å². The lowest BCUT2D eigenvalue weighted by atomic mass is 10.1. The van der Waals surface area contributed by atoms with Gasteiger partial charge in [-0.15, -0.1) is 0 Å². The average Bonchev–Trinajstić information content (AvgIpc) is 2.40. The largest absolute Gasteiger partial charge is 0.398 e. The van der Waals surface area contributed by atoms with Gasteiger partial charge in [-0.3, -0.25) is 4.98 Å². The van der Waals surface area contributed by atoms with E-state index in [0.29, 0.717) is 22.3 Å². The number of nitrogen functional groups attached to an aromatic ring is 1. The third kappa shape index (κ3) is 2.42. The van der Waals surface area contributed by atoms with Crippen molar-refractivity contribution in [2.24, 2.45) is 0 Å². The number of hydrogen-bond donors (Lipinski definition) is 1. The summed E-state index contributed by atoms with van der Waals surface area (Å²) < 4.78 is 37.8. The standard InChI is InChI=1S/C14H16FN3O2S/c1-9-8-21(19,20)6-5-18(9)14-11(15)7-12(16)10-3-2-4-17-13(10)14/h2-4,7,9H,5-6,8,16H2,1H3. The van der Waals surface area contributed by atoms with E-state index in [0.717, 1.165) is 0 Å². The molecule has 1 aromatic carbocycles. The molecule has 2 N–H and O–H groups in total. The first-order chi connectivity index (χ1) is 9.89. The lowest BCUT2D eigenvalue weighted by Crippen LogP contribution is -2.47.